The molecule has 1 amide bonds. The monoisotopic (exact) mass is 499 g/mol. The topological polar surface area (TPSA) is 128 Å². The molecule has 2 N–H and O–H groups in total. The molecule has 5 rings (SSSR count). The van der Waals surface area contributed by atoms with E-state index in [4.69, 9.17) is 5.10 Å². The van der Waals surface area contributed by atoms with Gasteiger partial charge in [-0.05, 0) is 42.3 Å². The van der Waals surface area contributed by atoms with Crippen LogP contribution in [-0.2, 0) is 10.5 Å². The number of fused-ring (bicyclic) bond motifs is 1. The van der Waals surface area contributed by atoms with Crippen LogP contribution in [0.25, 0.3) is 0 Å². The number of non-ortho nitro benzene ring substituents is 1. The molecule has 180 valence electrons. The zero-order chi connectivity index (χ0) is 25.1. The number of nitro groups is 1. The highest BCUT2D eigenvalue weighted by molar-refractivity contribution is 7.98. The number of aromatic nitrogens is 4. The number of benzene rings is 2. The first-order valence-electron chi connectivity index (χ1n) is 11.1. The summed E-state index contributed by atoms with van der Waals surface area (Å²) in [6.07, 6.45) is 3.18. The maximum absolute atomic E-state index is 13.5. The average molecular weight is 500 g/mol. The van der Waals surface area contributed by atoms with Crippen LogP contribution in [0.2, 0.25) is 0 Å². The summed E-state index contributed by atoms with van der Waals surface area (Å²) in [6.45, 7) is 1.80. The summed E-state index contributed by atoms with van der Waals surface area (Å²) in [5, 5.41) is 22.5. The van der Waals surface area contributed by atoms with E-state index in [1.807, 2.05) is 30.3 Å². The number of amides is 1. The maximum Gasteiger partial charge on any atom is 0.269 e. The first-order chi connectivity index (χ1) is 17.5. The van der Waals surface area contributed by atoms with Gasteiger partial charge in [-0.1, -0.05) is 42.1 Å². The Bertz CT molecular complexity index is 1440. The molecule has 0 saturated heterocycles. The number of rotatable bonds is 7. The Morgan fingerprint density at radius 3 is 2.61 bits per heavy atom. The Hall–Kier alpha value is -4.51. The normalized spacial score (nSPS) is 14.6. The molecule has 0 radical (unpaired) electrons. The SMILES string of the molecule is CC1=C(C(=O)Nc2cccnc2)[C@H](c2ccc([N+](=O)[O-])cc2)n2nc(SCc3ccccc3)nc2N1. The molecule has 11 heteroatoms. The van der Waals surface area contributed by atoms with Crippen LogP contribution in [0.1, 0.15) is 24.1 Å². The largest absolute Gasteiger partial charge is 0.328 e. The van der Waals surface area contributed by atoms with E-state index in [9.17, 15) is 14.9 Å². The van der Waals surface area contributed by atoms with Crippen LogP contribution in [0.5, 0.6) is 0 Å². The van der Waals surface area contributed by atoms with Gasteiger partial charge in [0.2, 0.25) is 11.1 Å². The Kier molecular flexibility index (Phi) is 6.46. The minimum atomic E-state index is -0.641. The minimum absolute atomic E-state index is 0.0346. The number of carbonyl (C=O) groups is 1. The maximum atomic E-state index is 13.5. The summed E-state index contributed by atoms with van der Waals surface area (Å²) >= 11 is 1.48. The third kappa shape index (κ3) is 4.82. The lowest BCUT2D eigenvalue weighted by molar-refractivity contribution is -0.384. The molecule has 0 bridgehead atoms. The van der Waals surface area contributed by atoms with E-state index in [-0.39, 0.29) is 11.6 Å². The van der Waals surface area contributed by atoms with Gasteiger partial charge in [-0.3, -0.25) is 19.9 Å². The zero-order valence-electron chi connectivity index (χ0n) is 19.2. The van der Waals surface area contributed by atoms with Gasteiger partial charge >= 0.3 is 0 Å². The minimum Gasteiger partial charge on any atom is -0.328 e. The second-order valence-electron chi connectivity index (χ2n) is 8.05. The molecular weight excluding hydrogens is 478 g/mol. The summed E-state index contributed by atoms with van der Waals surface area (Å²) in [7, 11) is 0. The van der Waals surface area contributed by atoms with Crippen molar-refractivity contribution in [2.24, 2.45) is 0 Å². The molecule has 2 aromatic heterocycles. The number of thioether (sulfide) groups is 1. The Morgan fingerprint density at radius 2 is 1.92 bits per heavy atom. The molecule has 10 nitrogen and oxygen atoms in total. The summed E-state index contributed by atoms with van der Waals surface area (Å²) in [5.41, 5.74) is 3.36. The lowest BCUT2D eigenvalue weighted by Gasteiger charge is -2.28. The number of nitro benzene ring substituents is 1. The quantitative estimate of drug-likeness (QED) is 0.211. The average Bonchev–Trinajstić information content (AvgIpc) is 3.30. The first kappa shape index (κ1) is 23.2. The van der Waals surface area contributed by atoms with Crippen LogP contribution in [-0.4, -0.2) is 30.6 Å². The van der Waals surface area contributed by atoms with Gasteiger partial charge in [0.1, 0.15) is 6.04 Å². The molecule has 0 unspecified atom stereocenters. The number of hydrogen-bond acceptors (Lipinski definition) is 8. The van der Waals surface area contributed by atoms with Crippen molar-refractivity contribution >= 4 is 35.0 Å². The molecule has 3 heterocycles. The Labute approximate surface area is 210 Å². The van der Waals surface area contributed by atoms with E-state index < -0.39 is 11.0 Å². The highest BCUT2D eigenvalue weighted by atomic mass is 32.2. The molecule has 1 aliphatic rings. The van der Waals surface area contributed by atoms with Crippen molar-refractivity contribution < 1.29 is 9.72 Å². The molecular formula is C25H21N7O3S. The highest BCUT2D eigenvalue weighted by Crippen LogP contribution is 2.37. The Morgan fingerprint density at radius 1 is 1.14 bits per heavy atom. The number of nitrogens with zero attached hydrogens (tertiary/aromatic N) is 5. The third-order valence-electron chi connectivity index (χ3n) is 5.63. The van der Waals surface area contributed by atoms with Crippen LogP contribution in [0.4, 0.5) is 17.3 Å². The number of nitrogens with one attached hydrogen (secondary N) is 2. The summed E-state index contributed by atoms with van der Waals surface area (Å²) in [4.78, 5) is 32.9. The van der Waals surface area contributed by atoms with Gasteiger partial charge in [-0.15, -0.1) is 5.10 Å². The van der Waals surface area contributed by atoms with Crippen molar-refractivity contribution in [2.45, 2.75) is 23.9 Å². The zero-order valence-corrected chi connectivity index (χ0v) is 20.0. The fourth-order valence-electron chi connectivity index (χ4n) is 3.93. The van der Waals surface area contributed by atoms with Gasteiger partial charge in [0.25, 0.3) is 11.6 Å². The van der Waals surface area contributed by atoms with Crippen LogP contribution < -0.4 is 10.6 Å². The van der Waals surface area contributed by atoms with E-state index in [0.717, 1.165) is 5.56 Å². The number of hydrogen-bond donors (Lipinski definition) is 2. The molecule has 4 aromatic rings. The van der Waals surface area contributed by atoms with Gasteiger partial charge in [0, 0.05) is 29.8 Å². The predicted octanol–water partition coefficient (Wildman–Crippen LogP) is 4.80. The first-order valence-corrected chi connectivity index (χ1v) is 12.0. The van der Waals surface area contributed by atoms with E-state index in [2.05, 4.69) is 20.6 Å². The summed E-state index contributed by atoms with van der Waals surface area (Å²) in [6, 6.07) is 19.0. The van der Waals surface area contributed by atoms with Crippen molar-refractivity contribution in [3.8, 4) is 0 Å². The van der Waals surface area contributed by atoms with Crippen LogP contribution in [0.15, 0.2) is 95.6 Å². The van der Waals surface area contributed by atoms with Crippen LogP contribution >= 0.6 is 11.8 Å². The molecule has 1 aliphatic heterocycles. The summed E-state index contributed by atoms with van der Waals surface area (Å²) < 4.78 is 1.65. The van der Waals surface area contributed by atoms with E-state index >= 15 is 0 Å². The van der Waals surface area contributed by atoms with Crippen molar-refractivity contribution in [2.75, 3.05) is 10.6 Å². The van der Waals surface area contributed by atoms with E-state index in [0.29, 0.717) is 39.4 Å². The van der Waals surface area contributed by atoms with Crippen molar-refractivity contribution in [3.05, 3.63) is 112 Å². The van der Waals surface area contributed by atoms with E-state index in [1.165, 1.54) is 23.9 Å². The molecule has 0 saturated carbocycles. The standard InChI is InChI=1S/C25H21N7O3S/c1-16-21(23(33)28-19-8-5-13-26-14-19)22(18-9-11-20(12-10-18)32(34)35)31-24(27-16)29-25(30-31)36-15-17-6-3-2-4-7-17/h2-14,22H,15H2,1H3,(H,28,33)(H,27,29,30)/t22-/m0/s1. The van der Waals surface area contributed by atoms with E-state index in [1.54, 1.807) is 48.3 Å². The lowest BCUT2D eigenvalue weighted by atomic mass is 9.95. The molecule has 1 atom stereocenters. The van der Waals surface area contributed by atoms with Crippen molar-refractivity contribution in [3.63, 3.8) is 0 Å². The predicted molar refractivity (Wildman–Crippen MR) is 136 cm³/mol. The van der Waals surface area contributed by atoms with Crippen LogP contribution in [0.3, 0.4) is 0 Å². The van der Waals surface area contributed by atoms with Gasteiger partial charge in [0.15, 0.2) is 0 Å². The van der Waals surface area contributed by atoms with Gasteiger partial charge in [-0.25, -0.2) is 4.68 Å². The molecule has 0 spiro atoms. The molecule has 36 heavy (non-hydrogen) atoms. The van der Waals surface area contributed by atoms with Gasteiger partial charge in [-0.2, -0.15) is 4.98 Å². The second-order valence-corrected chi connectivity index (χ2v) is 8.99. The highest BCUT2D eigenvalue weighted by Gasteiger charge is 2.34. The third-order valence-corrected chi connectivity index (χ3v) is 6.54. The van der Waals surface area contributed by atoms with Gasteiger partial charge < -0.3 is 10.6 Å². The fourth-order valence-corrected chi connectivity index (χ4v) is 4.72. The lowest BCUT2D eigenvalue weighted by Crippen LogP contribution is -2.31. The number of carbonyl (C=O) groups excluding carboxylic acids is 1. The number of pyridine rings is 1. The molecule has 2 aromatic carbocycles. The van der Waals surface area contributed by atoms with Crippen LogP contribution in [0, 0.1) is 10.1 Å². The second kappa shape index (κ2) is 10.0. The van der Waals surface area contributed by atoms with Gasteiger partial charge in [0.05, 0.1) is 22.4 Å². The molecule has 0 aliphatic carbocycles. The number of anilines is 2. The smallest absolute Gasteiger partial charge is 0.269 e. The van der Waals surface area contributed by atoms with Crippen molar-refractivity contribution in [1.29, 1.82) is 0 Å². The van der Waals surface area contributed by atoms with Crippen molar-refractivity contribution in [1.82, 2.24) is 19.7 Å². The molecule has 0 fully saturated rings. The Balaban J connectivity index is 1.51. The number of allylic oxidation sites excluding steroid dienone is 1. The fraction of sp³-hybridized carbons (Fsp3) is 0.120. The summed E-state index contributed by atoms with van der Waals surface area (Å²) in [5.74, 6) is 0.841.